The van der Waals surface area contributed by atoms with Gasteiger partial charge in [-0.2, -0.15) is 0 Å². The Hall–Kier alpha value is -2.21. The molecular formula is C22H28ClN5O. The molecule has 29 heavy (non-hydrogen) atoms. The van der Waals surface area contributed by atoms with Crippen molar-refractivity contribution in [1.29, 1.82) is 0 Å². The molecule has 0 fully saturated rings. The molecule has 3 heterocycles. The summed E-state index contributed by atoms with van der Waals surface area (Å²) >= 11 is 6.76. The van der Waals surface area contributed by atoms with Crippen molar-refractivity contribution in [1.82, 2.24) is 20.0 Å². The number of nitrogens with zero attached hydrogens (tertiary/aromatic N) is 5. The average Bonchev–Trinajstić information content (AvgIpc) is 3.12. The lowest BCUT2D eigenvalue weighted by molar-refractivity contribution is -0.123. The van der Waals surface area contributed by atoms with E-state index in [9.17, 15) is 4.79 Å². The van der Waals surface area contributed by atoms with Crippen molar-refractivity contribution < 1.29 is 4.79 Å². The Bertz CT molecular complexity index is 1020. The zero-order chi connectivity index (χ0) is 20.8. The van der Waals surface area contributed by atoms with Gasteiger partial charge in [0.15, 0.2) is 11.3 Å². The molecule has 6 nitrogen and oxygen atoms in total. The minimum atomic E-state index is -0.531. The van der Waals surface area contributed by atoms with Crippen molar-refractivity contribution in [3.05, 3.63) is 34.6 Å². The number of Topliss-reactive ketones (excluding diaryl/α,β-unsaturated/α-hetero) is 1. The van der Waals surface area contributed by atoms with E-state index in [0.717, 1.165) is 54.8 Å². The van der Waals surface area contributed by atoms with Crippen molar-refractivity contribution in [2.24, 2.45) is 5.41 Å². The van der Waals surface area contributed by atoms with Crippen LogP contribution in [0.4, 0.5) is 5.82 Å². The second-order valence-electron chi connectivity index (χ2n) is 8.36. The van der Waals surface area contributed by atoms with E-state index in [1.807, 2.05) is 29.9 Å². The highest BCUT2D eigenvalue weighted by molar-refractivity contribution is 6.32. The van der Waals surface area contributed by atoms with E-state index in [0.29, 0.717) is 17.5 Å². The molecule has 1 atom stereocenters. The van der Waals surface area contributed by atoms with Crippen molar-refractivity contribution in [2.45, 2.75) is 65.8 Å². The van der Waals surface area contributed by atoms with Gasteiger partial charge in [0.2, 0.25) is 0 Å². The maximum atomic E-state index is 12.2. The van der Waals surface area contributed by atoms with Crippen LogP contribution in [-0.4, -0.2) is 32.3 Å². The first-order valence-corrected chi connectivity index (χ1v) is 10.9. The molecule has 1 aliphatic carbocycles. The summed E-state index contributed by atoms with van der Waals surface area (Å²) in [5.41, 5.74) is 3.50. The van der Waals surface area contributed by atoms with Crippen LogP contribution in [0, 0.1) is 5.41 Å². The number of hydrogen-bond acceptors (Lipinski definition) is 5. The molecule has 0 aromatic carbocycles. The molecule has 2 aromatic rings. The van der Waals surface area contributed by atoms with Crippen LogP contribution in [0.2, 0.25) is 0 Å². The maximum absolute atomic E-state index is 12.2. The fourth-order valence-corrected chi connectivity index (χ4v) is 5.06. The molecule has 0 bridgehead atoms. The average molecular weight is 414 g/mol. The summed E-state index contributed by atoms with van der Waals surface area (Å²) < 4.78 is 2.02. The van der Waals surface area contributed by atoms with E-state index in [4.69, 9.17) is 11.6 Å². The van der Waals surface area contributed by atoms with E-state index in [-0.39, 0.29) is 5.78 Å². The zero-order valence-electron chi connectivity index (χ0n) is 17.6. The van der Waals surface area contributed by atoms with Crippen molar-refractivity contribution in [3.63, 3.8) is 0 Å². The Labute approximate surface area is 176 Å². The number of halogens is 1. The molecule has 0 amide bonds. The summed E-state index contributed by atoms with van der Waals surface area (Å²) in [6.45, 7) is 8.78. The Balaban J connectivity index is 1.81. The van der Waals surface area contributed by atoms with Crippen LogP contribution in [0.5, 0.6) is 0 Å². The van der Waals surface area contributed by atoms with Crippen molar-refractivity contribution in [3.8, 4) is 0 Å². The van der Waals surface area contributed by atoms with Gasteiger partial charge in [0.1, 0.15) is 5.78 Å². The van der Waals surface area contributed by atoms with Crippen LogP contribution in [0.15, 0.2) is 34.6 Å². The third kappa shape index (κ3) is 3.27. The number of anilines is 1. The number of allylic oxidation sites excluding steroid dienone is 3. The largest absolute Gasteiger partial charge is 0.323 e. The van der Waals surface area contributed by atoms with Gasteiger partial charge in [-0.25, -0.2) is 9.67 Å². The summed E-state index contributed by atoms with van der Waals surface area (Å²) in [5, 5.41) is 9.59. The molecule has 1 unspecified atom stereocenters. The number of ketones is 1. The summed E-state index contributed by atoms with van der Waals surface area (Å²) in [7, 11) is 0. The molecule has 7 heteroatoms. The van der Waals surface area contributed by atoms with Gasteiger partial charge < -0.3 is 4.90 Å². The second kappa shape index (κ2) is 7.56. The van der Waals surface area contributed by atoms with Gasteiger partial charge >= 0.3 is 0 Å². The van der Waals surface area contributed by atoms with Crippen LogP contribution in [-0.2, 0) is 4.79 Å². The number of aromatic nitrogens is 4. The van der Waals surface area contributed by atoms with Crippen LogP contribution < -0.4 is 4.90 Å². The first-order chi connectivity index (χ1) is 13.9. The summed E-state index contributed by atoms with van der Waals surface area (Å²) in [6.07, 6.45) is 8.41. The minimum Gasteiger partial charge on any atom is -0.323 e. The lowest BCUT2D eigenvalue weighted by atomic mass is 9.74. The molecule has 2 aromatic heterocycles. The Morgan fingerprint density at radius 1 is 1.34 bits per heavy atom. The lowest BCUT2D eigenvalue weighted by Crippen LogP contribution is -2.36. The fourth-order valence-electron chi connectivity index (χ4n) is 4.58. The number of rotatable bonds is 5. The first-order valence-electron chi connectivity index (χ1n) is 10.5. The molecule has 4 rings (SSSR count). The van der Waals surface area contributed by atoms with E-state index in [1.165, 1.54) is 5.57 Å². The molecule has 0 saturated heterocycles. The van der Waals surface area contributed by atoms with Gasteiger partial charge in [-0.05, 0) is 57.6 Å². The molecule has 0 saturated carbocycles. The molecule has 0 spiro atoms. The van der Waals surface area contributed by atoms with Gasteiger partial charge in [0.05, 0.1) is 22.3 Å². The standard InChI is InChI=1S/C22H28ClN5O/c1-5-16(6-2)28-18-9-10-24-21(19(18)25-26-28)27-11-7-8-15-12-22(4,14(3)29)13-17(23)20(15)27/h9-10,13,16H,5-8,11-12H2,1-4H3. The molecule has 154 valence electrons. The van der Waals surface area contributed by atoms with Crippen molar-refractivity contribution >= 4 is 34.2 Å². The van der Waals surface area contributed by atoms with E-state index in [2.05, 4.69) is 34.0 Å². The molecule has 0 N–H and O–H groups in total. The summed E-state index contributed by atoms with van der Waals surface area (Å²) in [4.78, 5) is 19.1. The topological polar surface area (TPSA) is 63.9 Å². The number of pyridine rings is 1. The number of carbonyl (C=O) groups excluding carboxylic acids is 1. The quantitative estimate of drug-likeness (QED) is 0.677. The Morgan fingerprint density at radius 2 is 2.10 bits per heavy atom. The SMILES string of the molecule is CCC(CC)n1nnc2c(N3CCCC4=C3C(Cl)=CC(C)(C(C)=O)C4)nccc21. The van der Waals surface area contributed by atoms with Gasteiger partial charge in [0.25, 0.3) is 0 Å². The Morgan fingerprint density at radius 3 is 2.79 bits per heavy atom. The van der Waals surface area contributed by atoms with Gasteiger partial charge in [-0.3, -0.25) is 4.79 Å². The predicted octanol–water partition coefficient (Wildman–Crippen LogP) is 5.16. The van der Waals surface area contributed by atoms with Crippen LogP contribution in [0.1, 0.15) is 65.8 Å². The zero-order valence-corrected chi connectivity index (χ0v) is 18.3. The van der Waals surface area contributed by atoms with E-state index < -0.39 is 5.41 Å². The second-order valence-corrected chi connectivity index (χ2v) is 8.76. The van der Waals surface area contributed by atoms with Gasteiger partial charge in [-0.1, -0.05) is 36.7 Å². The lowest BCUT2D eigenvalue weighted by Gasteiger charge is -2.39. The first kappa shape index (κ1) is 20.1. The van der Waals surface area contributed by atoms with Crippen molar-refractivity contribution in [2.75, 3.05) is 11.4 Å². The normalized spacial score (nSPS) is 22.3. The minimum absolute atomic E-state index is 0.146. The fraction of sp³-hybridized carbons (Fsp3) is 0.545. The molecule has 0 radical (unpaired) electrons. The maximum Gasteiger partial charge on any atom is 0.163 e. The van der Waals surface area contributed by atoms with Gasteiger partial charge in [0, 0.05) is 18.2 Å². The van der Waals surface area contributed by atoms with E-state index >= 15 is 0 Å². The van der Waals surface area contributed by atoms with E-state index in [1.54, 1.807) is 6.92 Å². The molecular weight excluding hydrogens is 386 g/mol. The van der Waals surface area contributed by atoms with Crippen LogP contribution >= 0.6 is 11.6 Å². The highest BCUT2D eigenvalue weighted by atomic mass is 35.5. The predicted molar refractivity (Wildman–Crippen MR) is 116 cm³/mol. The highest BCUT2D eigenvalue weighted by Gasteiger charge is 2.38. The Kier molecular flexibility index (Phi) is 5.23. The number of hydrogen-bond donors (Lipinski definition) is 0. The van der Waals surface area contributed by atoms with Crippen LogP contribution in [0.3, 0.4) is 0 Å². The third-order valence-corrected chi connectivity index (χ3v) is 6.73. The summed E-state index contributed by atoms with van der Waals surface area (Å²) in [6, 6.07) is 2.31. The highest BCUT2D eigenvalue weighted by Crippen LogP contribution is 2.46. The number of fused-ring (bicyclic) bond motifs is 1. The molecule has 2 aliphatic rings. The van der Waals surface area contributed by atoms with Crippen LogP contribution in [0.25, 0.3) is 11.0 Å². The number of carbonyl (C=O) groups is 1. The monoisotopic (exact) mass is 413 g/mol. The van der Waals surface area contributed by atoms with Gasteiger partial charge in [-0.15, -0.1) is 5.10 Å². The third-order valence-electron chi connectivity index (χ3n) is 6.44. The summed E-state index contributed by atoms with van der Waals surface area (Å²) in [5.74, 6) is 0.942. The smallest absolute Gasteiger partial charge is 0.163 e. The molecule has 1 aliphatic heterocycles.